The molecule has 29 heavy (non-hydrogen) atoms. The Hall–Kier alpha value is -2.41. The molecule has 4 nitrogen and oxygen atoms in total. The van der Waals surface area contributed by atoms with Crippen LogP contribution in [0.3, 0.4) is 0 Å². The lowest BCUT2D eigenvalue weighted by atomic mass is 9.99. The van der Waals surface area contributed by atoms with E-state index in [0.29, 0.717) is 22.9 Å². The van der Waals surface area contributed by atoms with Crippen LogP contribution in [0.4, 0.5) is 0 Å². The molecular formula is C22H18ClNO3S2. The fourth-order valence-electron chi connectivity index (χ4n) is 3.49. The molecule has 1 N–H and O–H groups in total. The lowest BCUT2D eigenvalue weighted by Gasteiger charge is -2.26. The van der Waals surface area contributed by atoms with Crippen LogP contribution in [0.25, 0.3) is 0 Å². The van der Waals surface area contributed by atoms with E-state index in [4.69, 9.17) is 11.6 Å². The van der Waals surface area contributed by atoms with Gasteiger partial charge in [-0.2, -0.15) is 0 Å². The van der Waals surface area contributed by atoms with Crippen LogP contribution in [0.1, 0.15) is 31.7 Å². The number of hydrogen-bond acceptors (Lipinski definition) is 5. The molecule has 3 aromatic rings. The van der Waals surface area contributed by atoms with E-state index in [9.17, 15) is 14.7 Å². The van der Waals surface area contributed by atoms with Gasteiger partial charge in [0.25, 0.3) is 5.91 Å². The van der Waals surface area contributed by atoms with Gasteiger partial charge in [0, 0.05) is 16.4 Å². The van der Waals surface area contributed by atoms with Crippen molar-refractivity contribution in [3.63, 3.8) is 0 Å². The van der Waals surface area contributed by atoms with Gasteiger partial charge in [-0.1, -0.05) is 29.8 Å². The van der Waals surface area contributed by atoms with Crippen molar-refractivity contribution in [3.8, 4) is 0 Å². The van der Waals surface area contributed by atoms with E-state index >= 15 is 0 Å². The quantitative estimate of drug-likeness (QED) is 0.505. The van der Waals surface area contributed by atoms with Crippen LogP contribution in [0.5, 0.6) is 0 Å². The molecule has 2 aromatic heterocycles. The third-order valence-corrected chi connectivity index (χ3v) is 7.19. The Kier molecular flexibility index (Phi) is 5.58. The Balaban J connectivity index is 1.69. The number of rotatable bonds is 6. The Labute approximate surface area is 181 Å². The highest BCUT2D eigenvalue weighted by Crippen LogP contribution is 2.42. The lowest BCUT2D eigenvalue weighted by Crippen LogP contribution is -2.33. The van der Waals surface area contributed by atoms with E-state index in [1.165, 1.54) is 22.7 Å². The first-order chi connectivity index (χ1) is 14.0. The molecule has 148 valence electrons. The number of nitrogens with zero attached hydrogens (tertiary/aromatic N) is 1. The van der Waals surface area contributed by atoms with Crippen molar-refractivity contribution < 1.29 is 14.7 Å². The molecule has 1 aliphatic heterocycles. The van der Waals surface area contributed by atoms with Gasteiger partial charge in [0.2, 0.25) is 5.78 Å². The number of aliphatic hydroxyl groups is 1. The molecule has 1 amide bonds. The van der Waals surface area contributed by atoms with Crippen molar-refractivity contribution in [2.45, 2.75) is 19.4 Å². The van der Waals surface area contributed by atoms with E-state index in [2.05, 4.69) is 0 Å². The number of thiophene rings is 2. The van der Waals surface area contributed by atoms with Crippen molar-refractivity contribution in [2.75, 3.05) is 6.54 Å². The summed E-state index contributed by atoms with van der Waals surface area (Å²) >= 11 is 8.75. The summed E-state index contributed by atoms with van der Waals surface area (Å²) in [7, 11) is 0. The van der Waals surface area contributed by atoms with Crippen molar-refractivity contribution in [3.05, 3.63) is 90.5 Å². The molecule has 0 spiro atoms. The average molecular weight is 444 g/mol. The average Bonchev–Trinajstić information content (AvgIpc) is 3.43. The number of Topliss-reactive ketones (excluding diaryl/α,β-unsaturated/α-hetero) is 1. The molecule has 1 aromatic carbocycles. The molecular weight excluding hydrogens is 426 g/mol. The topological polar surface area (TPSA) is 57.6 Å². The number of carbonyl (C=O) groups excluding carboxylic acids is 2. The Morgan fingerprint density at radius 2 is 1.90 bits per heavy atom. The zero-order chi connectivity index (χ0) is 20.5. The molecule has 7 heteroatoms. The fraction of sp³-hybridized carbons (Fsp3) is 0.182. The molecule has 1 aliphatic rings. The van der Waals surface area contributed by atoms with Gasteiger partial charge >= 0.3 is 0 Å². The van der Waals surface area contributed by atoms with E-state index in [-0.39, 0.29) is 11.4 Å². The van der Waals surface area contributed by atoms with Crippen molar-refractivity contribution in [1.29, 1.82) is 0 Å². The van der Waals surface area contributed by atoms with Gasteiger partial charge in [0.05, 0.1) is 16.5 Å². The van der Waals surface area contributed by atoms with Gasteiger partial charge in [-0.05, 0) is 59.5 Å². The summed E-state index contributed by atoms with van der Waals surface area (Å²) in [6.07, 6.45) is 0.595. The van der Waals surface area contributed by atoms with Crippen molar-refractivity contribution in [2.24, 2.45) is 0 Å². The fourth-order valence-corrected chi connectivity index (χ4v) is 5.35. The molecule has 0 saturated carbocycles. The zero-order valence-electron chi connectivity index (χ0n) is 15.6. The van der Waals surface area contributed by atoms with E-state index in [0.717, 1.165) is 16.0 Å². The lowest BCUT2D eigenvalue weighted by molar-refractivity contribution is -0.129. The van der Waals surface area contributed by atoms with Crippen LogP contribution in [0, 0.1) is 6.92 Å². The number of ketones is 1. The highest BCUT2D eigenvalue weighted by atomic mass is 35.5. The highest BCUT2D eigenvalue weighted by molar-refractivity contribution is 7.12. The molecule has 0 radical (unpaired) electrons. The standard InChI is InChI=1S/C22H18ClNO3S2/c1-13-9-12-29-21(13)18-17(19(25)16-3-2-11-28-16)20(26)22(27)24(18)10-8-14-4-6-15(23)7-5-14/h2-7,9,11-12,18,26H,8,10H2,1H3. The summed E-state index contributed by atoms with van der Waals surface area (Å²) in [5.41, 5.74) is 2.19. The minimum atomic E-state index is -0.579. The zero-order valence-corrected chi connectivity index (χ0v) is 18.0. The number of aryl methyl sites for hydroxylation is 1. The number of carbonyl (C=O) groups is 2. The predicted octanol–water partition coefficient (Wildman–Crippen LogP) is 5.59. The first-order valence-corrected chi connectivity index (χ1v) is 11.2. The summed E-state index contributed by atoms with van der Waals surface area (Å²) in [6, 6.07) is 12.3. The summed E-state index contributed by atoms with van der Waals surface area (Å²) in [5, 5.41) is 15.1. The maximum atomic E-state index is 13.1. The normalized spacial score (nSPS) is 16.7. The molecule has 0 saturated heterocycles. The van der Waals surface area contributed by atoms with Crippen molar-refractivity contribution >= 4 is 46.0 Å². The third kappa shape index (κ3) is 3.75. The van der Waals surface area contributed by atoms with Gasteiger partial charge in [-0.25, -0.2) is 0 Å². The van der Waals surface area contributed by atoms with Gasteiger partial charge in [-0.3, -0.25) is 9.59 Å². The van der Waals surface area contributed by atoms with Crippen molar-refractivity contribution in [1.82, 2.24) is 4.90 Å². The molecule has 0 fully saturated rings. The largest absolute Gasteiger partial charge is 0.503 e. The van der Waals surface area contributed by atoms with E-state index in [1.807, 2.05) is 48.0 Å². The Bertz CT molecular complexity index is 1080. The molecule has 1 atom stereocenters. The van der Waals surface area contributed by atoms with Crippen LogP contribution in [0.15, 0.2) is 64.6 Å². The Morgan fingerprint density at radius 3 is 2.52 bits per heavy atom. The van der Waals surface area contributed by atoms with E-state index < -0.39 is 17.7 Å². The minimum Gasteiger partial charge on any atom is -0.503 e. The summed E-state index contributed by atoms with van der Waals surface area (Å²) in [5.74, 6) is -1.24. The molecule has 1 unspecified atom stereocenters. The van der Waals surface area contributed by atoms with Crippen LogP contribution in [-0.4, -0.2) is 28.2 Å². The van der Waals surface area contributed by atoms with E-state index in [1.54, 1.807) is 17.0 Å². The van der Waals surface area contributed by atoms with Crippen LogP contribution in [0.2, 0.25) is 5.02 Å². The SMILES string of the molecule is Cc1ccsc1C1C(C(=O)c2cccs2)=C(O)C(=O)N1CCc1ccc(Cl)cc1. The first-order valence-electron chi connectivity index (χ1n) is 9.08. The smallest absolute Gasteiger partial charge is 0.290 e. The maximum Gasteiger partial charge on any atom is 0.290 e. The van der Waals surface area contributed by atoms with Crippen LogP contribution < -0.4 is 0 Å². The van der Waals surface area contributed by atoms with Gasteiger partial charge in [0.1, 0.15) is 0 Å². The number of amides is 1. The number of aliphatic hydroxyl groups excluding tert-OH is 1. The second kappa shape index (κ2) is 8.14. The summed E-state index contributed by atoms with van der Waals surface area (Å²) in [4.78, 5) is 29.1. The number of hydrogen-bond donors (Lipinski definition) is 1. The van der Waals surface area contributed by atoms with Gasteiger partial charge < -0.3 is 10.0 Å². The van der Waals surface area contributed by atoms with Crippen LogP contribution in [-0.2, 0) is 11.2 Å². The number of halogens is 1. The molecule has 0 bridgehead atoms. The number of benzene rings is 1. The van der Waals surface area contributed by atoms with Gasteiger partial charge in [0.15, 0.2) is 5.76 Å². The molecule has 3 heterocycles. The second-order valence-corrected chi connectivity index (χ2v) is 9.15. The minimum absolute atomic E-state index is 0.166. The predicted molar refractivity (Wildman–Crippen MR) is 117 cm³/mol. The first kappa shape index (κ1) is 19.9. The second-order valence-electron chi connectivity index (χ2n) is 6.81. The highest BCUT2D eigenvalue weighted by Gasteiger charge is 2.44. The molecule has 0 aliphatic carbocycles. The summed E-state index contributed by atoms with van der Waals surface area (Å²) in [6.45, 7) is 2.34. The molecule has 4 rings (SSSR count). The third-order valence-electron chi connectivity index (χ3n) is 5.00. The Morgan fingerprint density at radius 1 is 1.14 bits per heavy atom. The van der Waals surface area contributed by atoms with Crippen LogP contribution >= 0.6 is 34.3 Å². The maximum absolute atomic E-state index is 13.1. The van der Waals surface area contributed by atoms with Gasteiger partial charge in [-0.15, -0.1) is 22.7 Å². The monoisotopic (exact) mass is 443 g/mol. The summed E-state index contributed by atoms with van der Waals surface area (Å²) < 4.78 is 0.